The molecule has 88 valence electrons. The number of benzene rings is 1. The number of nitrogens with zero attached hydrogens (tertiary/aromatic N) is 1. The van der Waals surface area contributed by atoms with Gasteiger partial charge in [-0.15, -0.1) is 0 Å². The summed E-state index contributed by atoms with van der Waals surface area (Å²) < 4.78 is 18.1. The minimum Gasteiger partial charge on any atom is -0.494 e. The standard InChI is InChI=1S/C12H12FN3O/c1-17-11-6-8(2-4-10(11)13)16-9-3-5-12(14)15-7-9/h2-7,16H,1H3,(H2,14,15). The lowest BCUT2D eigenvalue weighted by Crippen LogP contribution is -1.95. The number of halogens is 1. The van der Waals surface area contributed by atoms with Crippen molar-refractivity contribution in [1.29, 1.82) is 0 Å². The summed E-state index contributed by atoms with van der Waals surface area (Å²) in [5, 5.41) is 3.07. The molecule has 17 heavy (non-hydrogen) atoms. The number of nitrogens with two attached hydrogens (primary N) is 1. The molecule has 0 saturated carbocycles. The predicted octanol–water partition coefficient (Wildman–Crippen LogP) is 2.56. The van der Waals surface area contributed by atoms with Gasteiger partial charge in [-0.3, -0.25) is 0 Å². The first-order valence-corrected chi connectivity index (χ1v) is 5.01. The molecule has 1 aromatic heterocycles. The highest BCUT2D eigenvalue weighted by Crippen LogP contribution is 2.24. The SMILES string of the molecule is COc1cc(Nc2ccc(N)nc2)ccc1F. The van der Waals surface area contributed by atoms with E-state index in [4.69, 9.17) is 10.5 Å². The molecular weight excluding hydrogens is 221 g/mol. The average molecular weight is 233 g/mol. The van der Waals surface area contributed by atoms with Crippen LogP contribution in [-0.2, 0) is 0 Å². The fraction of sp³-hybridized carbons (Fsp3) is 0.0833. The zero-order chi connectivity index (χ0) is 12.3. The second-order valence-corrected chi connectivity index (χ2v) is 3.45. The Morgan fingerprint density at radius 3 is 2.65 bits per heavy atom. The lowest BCUT2D eigenvalue weighted by Gasteiger charge is -2.08. The molecule has 2 aromatic rings. The molecule has 1 heterocycles. The predicted molar refractivity (Wildman–Crippen MR) is 64.9 cm³/mol. The van der Waals surface area contributed by atoms with E-state index in [2.05, 4.69) is 10.3 Å². The van der Waals surface area contributed by atoms with Crippen molar-refractivity contribution in [3.8, 4) is 5.75 Å². The third kappa shape index (κ3) is 2.63. The summed E-state index contributed by atoms with van der Waals surface area (Å²) >= 11 is 0. The highest BCUT2D eigenvalue weighted by atomic mass is 19.1. The van der Waals surface area contributed by atoms with E-state index < -0.39 is 5.82 Å². The number of rotatable bonds is 3. The van der Waals surface area contributed by atoms with Gasteiger partial charge in [-0.05, 0) is 24.3 Å². The van der Waals surface area contributed by atoms with Gasteiger partial charge in [0.15, 0.2) is 11.6 Å². The largest absolute Gasteiger partial charge is 0.494 e. The smallest absolute Gasteiger partial charge is 0.165 e. The molecule has 3 N–H and O–H groups in total. The molecule has 0 saturated heterocycles. The fourth-order valence-electron chi connectivity index (χ4n) is 1.38. The number of ether oxygens (including phenoxy) is 1. The van der Waals surface area contributed by atoms with Gasteiger partial charge in [0.2, 0.25) is 0 Å². The Kier molecular flexibility index (Phi) is 3.09. The van der Waals surface area contributed by atoms with Crippen LogP contribution in [-0.4, -0.2) is 12.1 Å². The van der Waals surface area contributed by atoms with Crippen LogP contribution < -0.4 is 15.8 Å². The number of anilines is 3. The van der Waals surface area contributed by atoms with Crippen molar-refractivity contribution in [2.75, 3.05) is 18.2 Å². The Bertz CT molecular complexity index is 514. The van der Waals surface area contributed by atoms with Gasteiger partial charge >= 0.3 is 0 Å². The van der Waals surface area contributed by atoms with Crippen LogP contribution in [0, 0.1) is 5.82 Å². The van der Waals surface area contributed by atoms with E-state index in [0.29, 0.717) is 5.82 Å². The first kappa shape index (κ1) is 11.2. The van der Waals surface area contributed by atoms with E-state index in [1.165, 1.54) is 13.2 Å². The van der Waals surface area contributed by atoms with E-state index in [9.17, 15) is 4.39 Å². The van der Waals surface area contributed by atoms with Crippen molar-refractivity contribution in [1.82, 2.24) is 4.98 Å². The third-order valence-corrected chi connectivity index (χ3v) is 2.23. The number of hydrogen-bond donors (Lipinski definition) is 2. The van der Waals surface area contributed by atoms with E-state index in [1.807, 2.05) is 0 Å². The molecule has 0 aliphatic heterocycles. The van der Waals surface area contributed by atoms with Crippen molar-refractivity contribution in [2.45, 2.75) is 0 Å². The van der Waals surface area contributed by atoms with Crippen molar-refractivity contribution in [2.24, 2.45) is 0 Å². The third-order valence-electron chi connectivity index (χ3n) is 2.23. The van der Waals surface area contributed by atoms with E-state index in [0.717, 1.165) is 11.4 Å². The summed E-state index contributed by atoms with van der Waals surface area (Å²) in [4.78, 5) is 3.95. The summed E-state index contributed by atoms with van der Waals surface area (Å²) in [5.41, 5.74) is 6.97. The molecule has 0 atom stereocenters. The van der Waals surface area contributed by atoms with Gasteiger partial charge in [-0.25, -0.2) is 9.37 Å². The summed E-state index contributed by atoms with van der Waals surface area (Å²) in [6.07, 6.45) is 1.60. The lowest BCUT2D eigenvalue weighted by molar-refractivity contribution is 0.387. The van der Waals surface area contributed by atoms with E-state index in [1.54, 1.807) is 30.5 Å². The molecule has 0 radical (unpaired) electrons. The van der Waals surface area contributed by atoms with Crippen LogP contribution >= 0.6 is 0 Å². The molecule has 0 fully saturated rings. The number of methoxy groups -OCH3 is 1. The molecule has 0 bridgehead atoms. The summed E-state index contributed by atoms with van der Waals surface area (Å²) in [6.45, 7) is 0. The number of nitrogens with one attached hydrogen (secondary N) is 1. The average Bonchev–Trinajstić information content (AvgIpc) is 2.34. The van der Waals surface area contributed by atoms with Crippen LogP contribution in [0.5, 0.6) is 5.75 Å². The van der Waals surface area contributed by atoms with Crippen molar-refractivity contribution >= 4 is 17.2 Å². The van der Waals surface area contributed by atoms with Gasteiger partial charge in [-0.1, -0.05) is 0 Å². The maximum absolute atomic E-state index is 13.2. The molecule has 0 unspecified atom stereocenters. The van der Waals surface area contributed by atoms with Gasteiger partial charge < -0.3 is 15.8 Å². The number of pyridine rings is 1. The second kappa shape index (κ2) is 4.69. The first-order chi connectivity index (χ1) is 8.19. The Morgan fingerprint density at radius 1 is 1.24 bits per heavy atom. The minimum absolute atomic E-state index is 0.193. The zero-order valence-corrected chi connectivity index (χ0v) is 9.27. The van der Waals surface area contributed by atoms with Crippen molar-refractivity contribution in [3.05, 3.63) is 42.3 Å². The maximum atomic E-state index is 13.2. The van der Waals surface area contributed by atoms with Crippen LogP contribution in [0.15, 0.2) is 36.5 Å². The molecular formula is C12H12FN3O. The summed E-state index contributed by atoms with van der Waals surface area (Å²) in [5.74, 6) is 0.249. The van der Waals surface area contributed by atoms with E-state index in [-0.39, 0.29) is 5.75 Å². The van der Waals surface area contributed by atoms with Crippen molar-refractivity contribution < 1.29 is 9.13 Å². The molecule has 0 amide bonds. The summed E-state index contributed by atoms with van der Waals surface area (Å²) in [7, 11) is 1.42. The van der Waals surface area contributed by atoms with Crippen molar-refractivity contribution in [3.63, 3.8) is 0 Å². The fourth-order valence-corrected chi connectivity index (χ4v) is 1.38. The minimum atomic E-state index is -0.395. The molecule has 4 nitrogen and oxygen atoms in total. The molecule has 2 rings (SSSR count). The van der Waals surface area contributed by atoms with Crippen LogP contribution in [0.2, 0.25) is 0 Å². The van der Waals surface area contributed by atoms with Crippen LogP contribution in [0.1, 0.15) is 0 Å². The Morgan fingerprint density at radius 2 is 2.00 bits per heavy atom. The highest BCUT2D eigenvalue weighted by Gasteiger charge is 2.03. The topological polar surface area (TPSA) is 60.2 Å². The number of nitrogen functional groups attached to an aromatic ring is 1. The Balaban J connectivity index is 2.21. The van der Waals surface area contributed by atoms with Crippen LogP contribution in [0.25, 0.3) is 0 Å². The first-order valence-electron chi connectivity index (χ1n) is 5.01. The van der Waals surface area contributed by atoms with Gasteiger partial charge in [0.1, 0.15) is 5.82 Å². The Hall–Kier alpha value is -2.30. The zero-order valence-electron chi connectivity index (χ0n) is 9.27. The summed E-state index contributed by atoms with van der Waals surface area (Å²) in [6, 6.07) is 8.01. The van der Waals surface area contributed by atoms with Gasteiger partial charge in [-0.2, -0.15) is 0 Å². The normalized spacial score (nSPS) is 10.0. The van der Waals surface area contributed by atoms with Crippen LogP contribution in [0.3, 0.4) is 0 Å². The maximum Gasteiger partial charge on any atom is 0.165 e. The van der Waals surface area contributed by atoms with Gasteiger partial charge in [0, 0.05) is 11.8 Å². The molecule has 0 spiro atoms. The van der Waals surface area contributed by atoms with Crippen LogP contribution in [0.4, 0.5) is 21.6 Å². The quantitative estimate of drug-likeness (QED) is 0.855. The number of hydrogen-bond acceptors (Lipinski definition) is 4. The molecule has 1 aromatic carbocycles. The molecule has 5 heteroatoms. The van der Waals surface area contributed by atoms with E-state index >= 15 is 0 Å². The Labute approximate surface area is 98.2 Å². The molecule has 0 aliphatic rings. The molecule has 0 aliphatic carbocycles. The lowest BCUT2D eigenvalue weighted by atomic mass is 10.2. The number of aromatic nitrogens is 1. The van der Waals surface area contributed by atoms with Gasteiger partial charge in [0.05, 0.1) is 19.0 Å². The monoisotopic (exact) mass is 233 g/mol. The second-order valence-electron chi connectivity index (χ2n) is 3.45. The highest BCUT2D eigenvalue weighted by molar-refractivity contribution is 5.61. The van der Waals surface area contributed by atoms with Gasteiger partial charge in [0.25, 0.3) is 0 Å².